The first-order valence-corrected chi connectivity index (χ1v) is 9.29. The van der Waals surface area contributed by atoms with Crippen molar-refractivity contribution in [2.24, 2.45) is 5.10 Å². The van der Waals surface area contributed by atoms with Crippen LogP contribution in [0.2, 0.25) is 0 Å². The number of amides is 1. The zero-order valence-electron chi connectivity index (χ0n) is 15.9. The first kappa shape index (κ1) is 17.9. The lowest BCUT2D eigenvalue weighted by molar-refractivity contribution is -0.136. The summed E-state index contributed by atoms with van der Waals surface area (Å²) in [5.74, 6) is 0.406. The van der Waals surface area contributed by atoms with Crippen LogP contribution in [-0.2, 0) is 9.53 Å². The molecule has 1 atom stereocenters. The normalized spacial score (nSPS) is 15.8. The zero-order valence-corrected chi connectivity index (χ0v) is 15.9. The molecule has 2 aromatic carbocycles. The Morgan fingerprint density at radius 1 is 1.00 bits per heavy atom. The highest BCUT2D eigenvalue weighted by molar-refractivity contribution is 5.89. The fraction of sp³-hybridized carbons (Fsp3) is 0.0909. The van der Waals surface area contributed by atoms with Gasteiger partial charge in [0.25, 0.3) is 11.8 Å². The van der Waals surface area contributed by atoms with E-state index in [0.29, 0.717) is 28.1 Å². The number of aromatic nitrogens is 2. The van der Waals surface area contributed by atoms with Gasteiger partial charge in [0, 0.05) is 12.5 Å². The van der Waals surface area contributed by atoms with Gasteiger partial charge in [-0.05, 0) is 24.3 Å². The lowest BCUT2D eigenvalue weighted by Gasteiger charge is -2.16. The molecule has 0 N–H and O–H groups in total. The summed E-state index contributed by atoms with van der Waals surface area (Å²) >= 11 is 0. The molecule has 2 aromatic heterocycles. The molecule has 1 amide bonds. The van der Waals surface area contributed by atoms with E-state index >= 15 is 0 Å². The summed E-state index contributed by atoms with van der Waals surface area (Å²) in [6.07, 6.45) is 0.572. The zero-order chi connectivity index (χ0) is 20.7. The average Bonchev–Trinajstić information content (AvgIpc) is 3.44. The number of hydrogen-bond acceptors (Lipinski definition) is 6. The Hall–Kier alpha value is -4.20. The second kappa shape index (κ2) is 7.00. The van der Waals surface area contributed by atoms with E-state index in [1.807, 2.05) is 36.4 Å². The number of ether oxygens (including phenoxy) is 1. The molecular formula is C22H16N4O4. The van der Waals surface area contributed by atoms with Crippen LogP contribution in [0.3, 0.4) is 0 Å². The van der Waals surface area contributed by atoms with Crippen LogP contribution in [0.15, 0.2) is 87.3 Å². The molecule has 3 heterocycles. The Morgan fingerprint density at radius 3 is 2.50 bits per heavy atom. The minimum absolute atomic E-state index is 0.0475. The highest BCUT2D eigenvalue weighted by atomic mass is 16.6. The molecule has 5 rings (SSSR count). The molecule has 0 saturated heterocycles. The third kappa shape index (κ3) is 2.86. The largest absolute Gasteiger partial charge is 0.463 e. The Balaban J connectivity index is 1.74. The van der Waals surface area contributed by atoms with E-state index in [-0.39, 0.29) is 17.5 Å². The molecule has 8 heteroatoms. The lowest BCUT2D eigenvalue weighted by atomic mass is 10.2. The van der Waals surface area contributed by atoms with Gasteiger partial charge in [-0.15, -0.1) is 5.10 Å². The van der Waals surface area contributed by atoms with Crippen molar-refractivity contribution in [1.29, 1.82) is 0 Å². The summed E-state index contributed by atoms with van der Waals surface area (Å²) in [7, 11) is 0. The van der Waals surface area contributed by atoms with E-state index in [9.17, 15) is 9.59 Å². The van der Waals surface area contributed by atoms with Gasteiger partial charge in [-0.2, -0.15) is 5.01 Å². The highest BCUT2D eigenvalue weighted by Gasteiger charge is 2.36. The van der Waals surface area contributed by atoms with Crippen molar-refractivity contribution >= 4 is 22.8 Å². The van der Waals surface area contributed by atoms with Crippen molar-refractivity contribution in [3.05, 3.63) is 89.1 Å². The second-order valence-electron chi connectivity index (χ2n) is 6.69. The molecule has 148 valence electrons. The number of para-hydroxylation sites is 1. The van der Waals surface area contributed by atoms with Crippen LogP contribution in [0.5, 0.6) is 0 Å². The van der Waals surface area contributed by atoms with E-state index in [0.717, 1.165) is 5.01 Å². The van der Waals surface area contributed by atoms with Crippen LogP contribution >= 0.6 is 0 Å². The quantitative estimate of drug-likeness (QED) is 0.515. The van der Waals surface area contributed by atoms with Gasteiger partial charge >= 0.3 is 6.02 Å². The molecule has 1 aliphatic rings. The van der Waals surface area contributed by atoms with Crippen molar-refractivity contribution in [1.82, 2.24) is 14.6 Å². The standard InChI is InChI=1S/C22H16N4O4/c1-14(27)26-21(18-12-7-13-29-18)30-22(24-26)25-19(15-8-3-2-4-9-15)23-17-11-6-5-10-16(17)20(25)28/h2-13,21H,1H3. The smallest absolute Gasteiger partial charge is 0.325 e. The molecule has 0 spiro atoms. The average molecular weight is 400 g/mol. The number of furan rings is 1. The van der Waals surface area contributed by atoms with Crippen LogP contribution in [0.1, 0.15) is 18.9 Å². The van der Waals surface area contributed by atoms with Gasteiger partial charge in [-0.1, -0.05) is 42.5 Å². The van der Waals surface area contributed by atoms with Gasteiger partial charge < -0.3 is 9.15 Å². The number of hydrazone groups is 1. The monoisotopic (exact) mass is 400 g/mol. The van der Waals surface area contributed by atoms with Crippen LogP contribution < -0.4 is 5.56 Å². The number of carbonyl (C=O) groups excluding carboxylic acids is 1. The first-order valence-electron chi connectivity index (χ1n) is 9.29. The van der Waals surface area contributed by atoms with Gasteiger partial charge in [0.05, 0.1) is 17.2 Å². The van der Waals surface area contributed by atoms with E-state index in [1.165, 1.54) is 17.8 Å². The van der Waals surface area contributed by atoms with Crippen molar-refractivity contribution in [2.75, 3.05) is 0 Å². The molecule has 1 aliphatic heterocycles. The summed E-state index contributed by atoms with van der Waals surface area (Å²) < 4.78 is 12.6. The van der Waals surface area contributed by atoms with Crippen LogP contribution in [0.4, 0.5) is 0 Å². The number of nitrogens with zero attached hydrogens (tertiary/aromatic N) is 4. The Kier molecular flexibility index (Phi) is 4.17. The Morgan fingerprint density at radius 2 is 1.77 bits per heavy atom. The molecule has 0 aliphatic carbocycles. The van der Waals surface area contributed by atoms with Crippen molar-refractivity contribution < 1.29 is 13.9 Å². The predicted octanol–water partition coefficient (Wildman–Crippen LogP) is 3.35. The van der Waals surface area contributed by atoms with E-state index in [1.54, 1.807) is 30.3 Å². The Labute approximate surface area is 170 Å². The fourth-order valence-corrected chi connectivity index (χ4v) is 3.35. The molecule has 30 heavy (non-hydrogen) atoms. The third-order valence-corrected chi connectivity index (χ3v) is 4.74. The van der Waals surface area contributed by atoms with Gasteiger partial charge in [0.1, 0.15) is 0 Å². The van der Waals surface area contributed by atoms with Crippen molar-refractivity contribution in [3.8, 4) is 11.4 Å². The summed E-state index contributed by atoms with van der Waals surface area (Å²) in [5.41, 5.74) is 0.923. The van der Waals surface area contributed by atoms with Gasteiger partial charge in [-0.3, -0.25) is 9.59 Å². The van der Waals surface area contributed by atoms with Gasteiger partial charge in [-0.25, -0.2) is 9.55 Å². The molecule has 0 radical (unpaired) electrons. The predicted molar refractivity (Wildman–Crippen MR) is 109 cm³/mol. The maximum absolute atomic E-state index is 13.4. The number of rotatable bonds is 2. The minimum atomic E-state index is -0.908. The number of hydrogen-bond donors (Lipinski definition) is 0. The van der Waals surface area contributed by atoms with Crippen LogP contribution in [-0.4, -0.2) is 26.5 Å². The summed E-state index contributed by atoms with van der Waals surface area (Å²) in [4.78, 5) is 30.3. The SMILES string of the molecule is CC(=O)N1N=C(n2c(-c3ccccc3)nc3ccccc3c2=O)OC1c1ccco1. The lowest BCUT2D eigenvalue weighted by Crippen LogP contribution is -2.30. The summed E-state index contributed by atoms with van der Waals surface area (Å²) in [5, 5.41) is 5.85. The molecule has 4 aromatic rings. The number of fused-ring (bicyclic) bond motifs is 1. The van der Waals surface area contributed by atoms with Gasteiger partial charge in [0.15, 0.2) is 11.6 Å². The van der Waals surface area contributed by atoms with E-state index < -0.39 is 6.23 Å². The molecular weight excluding hydrogens is 384 g/mol. The van der Waals surface area contributed by atoms with Crippen molar-refractivity contribution in [3.63, 3.8) is 0 Å². The molecule has 1 unspecified atom stereocenters. The van der Waals surface area contributed by atoms with E-state index in [4.69, 9.17) is 9.15 Å². The van der Waals surface area contributed by atoms with Crippen molar-refractivity contribution in [2.45, 2.75) is 13.2 Å². The highest BCUT2D eigenvalue weighted by Crippen LogP contribution is 2.30. The molecule has 0 saturated carbocycles. The summed E-state index contributed by atoms with van der Waals surface area (Å²) in [6.45, 7) is 1.37. The Bertz CT molecular complexity index is 1330. The maximum Gasteiger partial charge on any atom is 0.325 e. The van der Waals surface area contributed by atoms with Crippen LogP contribution in [0, 0.1) is 0 Å². The van der Waals surface area contributed by atoms with E-state index in [2.05, 4.69) is 10.1 Å². The molecule has 0 bridgehead atoms. The van der Waals surface area contributed by atoms with Gasteiger partial charge in [0.2, 0.25) is 5.91 Å². The fourth-order valence-electron chi connectivity index (χ4n) is 3.35. The molecule has 0 fully saturated rings. The number of carbonyl (C=O) groups is 1. The maximum atomic E-state index is 13.4. The molecule has 8 nitrogen and oxygen atoms in total. The third-order valence-electron chi connectivity index (χ3n) is 4.74. The second-order valence-corrected chi connectivity index (χ2v) is 6.69. The number of benzene rings is 2. The summed E-state index contributed by atoms with van der Waals surface area (Å²) in [6, 6.07) is 19.6. The minimum Gasteiger partial charge on any atom is -0.463 e. The topological polar surface area (TPSA) is 89.9 Å². The first-order chi connectivity index (χ1) is 14.6. The van der Waals surface area contributed by atoms with Crippen LogP contribution in [0.25, 0.3) is 22.3 Å².